The lowest BCUT2D eigenvalue weighted by Crippen LogP contribution is -2.39. The van der Waals surface area contributed by atoms with Gasteiger partial charge in [0.15, 0.2) is 0 Å². The molecule has 2 amide bonds. The van der Waals surface area contributed by atoms with E-state index in [9.17, 15) is 14.7 Å². The zero-order chi connectivity index (χ0) is 16.2. The van der Waals surface area contributed by atoms with E-state index in [2.05, 4.69) is 5.32 Å². The molecular weight excluding hydrogens is 315 g/mol. The monoisotopic (exact) mass is 332 g/mol. The Morgan fingerprint density at radius 3 is 2.33 bits per heavy atom. The third kappa shape index (κ3) is 4.25. The molecule has 0 saturated heterocycles. The van der Waals surface area contributed by atoms with Crippen molar-refractivity contribution in [2.75, 3.05) is 12.4 Å². The second-order valence-corrected chi connectivity index (χ2v) is 5.47. The first kappa shape index (κ1) is 17.6. The van der Waals surface area contributed by atoms with Crippen molar-refractivity contribution in [2.24, 2.45) is 0 Å². The van der Waals surface area contributed by atoms with Gasteiger partial charge >= 0.3 is 12.0 Å². The summed E-state index contributed by atoms with van der Waals surface area (Å²) < 4.78 is 0. The van der Waals surface area contributed by atoms with Gasteiger partial charge in [0.2, 0.25) is 0 Å². The van der Waals surface area contributed by atoms with Gasteiger partial charge < -0.3 is 15.3 Å². The average molecular weight is 333 g/mol. The van der Waals surface area contributed by atoms with Crippen LogP contribution in [0.1, 0.15) is 37.0 Å². The summed E-state index contributed by atoms with van der Waals surface area (Å²) in [5, 5.41) is 12.0. The summed E-state index contributed by atoms with van der Waals surface area (Å²) in [6.45, 7) is 3.96. The molecule has 0 fully saturated rings. The fourth-order valence-corrected chi connectivity index (χ4v) is 2.61. The smallest absolute Gasteiger partial charge is 0.337 e. The quantitative estimate of drug-likeness (QED) is 0.842. The maximum Gasteiger partial charge on any atom is 0.337 e. The van der Waals surface area contributed by atoms with Gasteiger partial charge in [-0.2, -0.15) is 0 Å². The van der Waals surface area contributed by atoms with Crippen LogP contribution in [-0.4, -0.2) is 35.1 Å². The molecule has 2 N–H and O–H groups in total. The standard InChI is InChI=1S/C14H18Cl2N2O3/c1-4-9(5-2)18(3)14(21)17-12-10(13(19)20)6-8(15)7-11(12)16/h6-7,9H,4-5H2,1-3H3,(H,17,21)(H,19,20). The van der Waals surface area contributed by atoms with Crippen LogP contribution in [0.25, 0.3) is 0 Å². The van der Waals surface area contributed by atoms with E-state index in [0.29, 0.717) is 0 Å². The van der Waals surface area contributed by atoms with E-state index in [1.807, 2.05) is 13.8 Å². The number of carboxylic acids is 1. The third-order valence-corrected chi connectivity index (χ3v) is 3.84. The number of amides is 2. The second-order valence-electron chi connectivity index (χ2n) is 4.63. The zero-order valence-electron chi connectivity index (χ0n) is 12.1. The number of rotatable bonds is 5. The molecule has 0 unspecified atom stereocenters. The Balaban J connectivity index is 3.07. The Kier molecular flexibility index (Phi) is 6.30. The number of benzene rings is 1. The molecule has 0 aliphatic heterocycles. The van der Waals surface area contributed by atoms with Crippen molar-refractivity contribution in [1.29, 1.82) is 0 Å². The minimum absolute atomic E-state index is 0.0522. The second kappa shape index (κ2) is 7.52. The summed E-state index contributed by atoms with van der Waals surface area (Å²) in [6, 6.07) is 2.31. The number of carbonyl (C=O) groups excluding carboxylic acids is 1. The van der Waals surface area contributed by atoms with Crippen LogP contribution < -0.4 is 5.32 Å². The topological polar surface area (TPSA) is 69.6 Å². The Labute approximate surface area is 133 Å². The predicted molar refractivity (Wildman–Crippen MR) is 84.6 cm³/mol. The molecule has 116 valence electrons. The van der Waals surface area contributed by atoms with Gasteiger partial charge in [0.25, 0.3) is 0 Å². The zero-order valence-corrected chi connectivity index (χ0v) is 13.6. The number of aromatic carboxylic acids is 1. The van der Waals surface area contributed by atoms with Crippen LogP contribution in [0.5, 0.6) is 0 Å². The summed E-state index contributed by atoms with van der Waals surface area (Å²) >= 11 is 11.8. The Morgan fingerprint density at radius 2 is 1.86 bits per heavy atom. The molecule has 0 bridgehead atoms. The van der Waals surface area contributed by atoms with Gasteiger partial charge in [-0.15, -0.1) is 0 Å². The SMILES string of the molecule is CCC(CC)N(C)C(=O)Nc1c(Cl)cc(Cl)cc1C(=O)O. The summed E-state index contributed by atoms with van der Waals surface area (Å²) in [7, 11) is 1.66. The molecule has 0 aromatic heterocycles. The molecular formula is C14H18Cl2N2O3. The van der Waals surface area contributed by atoms with Crippen LogP contribution >= 0.6 is 23.2 Å². The first-order valence-corrected chi connectivity index (χ1v) is 7.33. The van der Waals surface area contributed by atoms with Crippen molar-refractivity contribution in [3.05, 3.63) is 27.7 Å². The van der Waals surface area contributed by atoms with Crippen LogP contribution in [0, 0.1) is 0 Å². The van der Waals surface area contributed by atoms with Crippen molar-refractivity contribution >= 4 is 40.9 Å². The number of nitrogens with one attached hydrogen (secondary N) is 1. The number of anilines is 1. The summed E-state index contributed by atoms with van der Waals surface area (Å²) in [4.78, 5) is 25.0. The normalized spacial score (nSPS) is 10.6. The number of nitrogens with zero attached hydrogens (tertiary/aromatic N) is 1. The molecule has 0 spiro atoms. The van der Waals surface area contributed by atoms with E-state index in [4.69, 9.17) is 23.2 Å². The molecule has 21 heavy (non-hydrogen) atoms. The van der Waals surface area contributed by atoms with Crippen molar-refractivity contribution < 1.29 is 14.7 Å². The molecule has 0 aliphatic rings. The minimum atomic E-state index is -1.21. The van der Waals surface area contributed by atoms with Crippen LogP contribution in [0.2, 0.25) is 10.0 Å². The Bertz CT molecular complexity index is 545. The molecule has 1 rings (SSSR count). The maximum atomic E-state index is 12.2. The highest BCUT2D eigenvalue weighted by Crippen LogP contribution is 2.30. The molecule has 5 nitrogen and oxygen atoms in total. The van der Waals surface area contributed by atoms with Crippen LogP contribution in [-0.2, 0) is 0 Å². The molecule has 7 heteroatoms. The lowest BCUT2D eigenvalue weighted by Gasteiger charge is -2.27. The van der Waals surface area contributed by atoms with Crippen molar-refractivity contribution in [3.8, 4) is 0 Å². The average Bonchev–Trinajstić information content (AvgIpc) is 2.42. The van der Waals surface area contributed by atoms with E-state index >= 15 is 0 Å². The number of halogens is 2. The van der Waals surface area contributed by atoms with Crippen molar-refractivity contribution in [2.45, 2.75) is 32.7 Å². The molecule has 0 heterocycles. The van der Waals surface area contributed by atoms with Crippen LogP contribution in [0.15, 0.2) is 12.1 Å². The molecule has 0 atom stereocenters. The van der Waals surface area contributed by atoms with E-state index in [-0.39, 0.29) is 27.3 Å². The van der Waals surface area contributed by atoms with Gasteiger partial charge in [-0.25, -0.2) is 9.59 Å². The highest BCUT2D eigenvalue weighted by atomic mass is 35.5. The maximum absolute atomic E-state index is 12.2. The molecule has 0 aliphatic carbocycles. The van der Waals surface area contributed by atoms with Crippen LogP contribution in [0.4, 0.5) is 10.5 Å². The fraction of sp³-hybridized carbons (Fsp3) is 0.429. The highest BCUT2D eigenvalue weighted by molar-refractivity contribution is 6.37. The molecule has 0 radical (unpaired) electrons. The third-order valence-electron chi connectivity index (χ3n) is 3.33. The minimum Gasteiger partial charge on any atom is -0.478 e. The molecule has 0 saturated carbocycles. The summed E-state index contributed by atoms with van der Waals surface area (Å²) in [6.07, 6.45) is 1.61. The Morgan fingerprint density at radius 1 is 1.29 bits per heavy atom. The number of hydrogen-bond donors (Lipinski definition) is 2. The number of urea groups is 1. The van der Waals surface area contributed by atoms with Crippen LogP contribution in [0.3, 0.4) is 0 Å². The van der Waals surface area contributed by atoms with E-state index in [1.165, 1.54) is 17.0 Å². The lowest BCUT2D eigenvalue weighted by atomic mass is 10.1. The summed E-state index contributed by atoms with van der Waals surface area (Å²) in [5.41, 5.74) is -0.0878. The first-order valence-electron chi connectivity index (χ1n) is 6.57. The summed E-state index contributed by atoms with van der Waals surface area (Å²) in [5.74, 6) is -1.21. The van der Waals surface area contributed by atoms with E-state index in [0.717, 1.165) is 12.8 Å². The van der Waals surface area contributed by atoms with Gasteiger partial charge in [0, 0.05) is 18.1 Å². The van der Waals surface area contributed by atoms with Gasteiger partial charge in [0.05, 0.1) is 16.3 Å². The predicted octanol–water partition coefficient (Wildman–Crippen LogP) is 4.34. The van der Waals surface area contributed by atoms with E-state index in [1.54, 1.807) is 7.05 Å². The van der Waals surface area contributed by atoms with Gasteiger partial charge in [0.1, 0.15) is 0 Å². The van der Waals surface area contributed by atoms with Gasteiger partial charge in [-0.1, -0.05) is 37.0 Å². The highest BCUT2D eigenvalue weighted by Gasteiger charge is 2.21. The largest absolute Gasteiger partial charge is 0.478 e. The molecule has 1 aromatic carbocycles. The molecule has 1 aromatic rings. The Hall–Kier alpha value is -1.46. The van der Waals surface area contributed by atoms with Gasteiger partial charge in [-0.3, -0.25) is 0 Å². The lowest BCUT2D eigenvalue weighted by molar-refractivity contribution is 0.0698. The van der Waals surface area contributed by atoms with Crippen molar-refractivity contribution in [3.63, 3.8) is 0 Å². The number of carboxylic acid groups (broad SMARTS) is 1. The first-order chi connectivity index (χ1) is 9.81. The van der Waals surface area contributed by atoms with E-state index < -0.39 is 12.0 Å². The number of carbonyl (C=O) groups is 2. The number of hydrogen-bond acceptors (Lipinski definition) is 2. The van der Waals surface area contributed by atoms with Gasteiger partial charge in [-0.05, 0) is 25.0 Å². The van der Waals surface area contributed by atoms with Crippen molar-refractivity contribution in [1.82, 2.24) is 4.90 Å². The fourth-order valence-electron chi connectivity index (χ4n) is 2.07.